The van der Waals surface area contributed by atoms with Crippen molar-refractivity contribution in [3.63, 3.8) is 0 Å². The first-order chi connectivity index (χ1) is 9.69. The molecule has 0 heterocycles. The molecule has 2 saturated carbocycles. The van der Waals surface area contributed by atoms with Gasteiger partial charge in [-0.15, -0.1) is 0 Å². The van der Waals surface area contributed by atoms with E-state index in [9.17, 15) is 9.90 Å². The molecule has 1 unspecified atom stereocenters. The second-order valence-electron chi connectivity index (χ2n) is 5.78. The normalized spacial score (nSPS) is 29.4. The number of aliphatic hydroxyl groups is 1. The van der Waals surface area contributed by atoms with Gasteiger partial charge >= 0.3 is 5.97 Å². The Morgan fingerprint density at radius 3 is 2.75 bits per heavy atom. The molecule has 108 valence electrons. The van der Waals surface area contributed by atoms with Crippen LogP contribution < -0.4 is 0 Å². The average molecular weight is 276 g/mol. The predicted octanol–water partition coefficient (Wildman–Crippen LogP) is 2.67. The average Bonchev–Trinajstić information content (AvgIpc) is 3.09. The number of esters is 1. The number of carbonyl (C=O) groups excluding carboxylic acids is 1. The summed E-state index contributed by atoms with van der Waals surface area (Å²) in [5.74, 6) is 0.879. The van der Waals surface area contributed by atoms with E-state index in [1.54, 1.807) is 24.3 Å². The van der Waals surface area contributed by atoms with E-state index in [-0.39, 0.29) is 6.10 Å². The van der Waals surface area contributed by atoms with Crippen molar-refractivity contribution in [1.29, 1.82) is 0 Å². The number of benzene rings is 1. The van der Waals surface area contributed by atoms with Gasteiger partial charge in [0.1, 0.15) is 0 Å². The fourth-order valence-electron chi connectivity index (χ4n) is 3.60. The van der Waals surface area contributed by atoms with Gasteiger partial charge in [-0.25, -0.2) is 4.79 Å². The summed E-state index contributed by atoms with van der Waals surface area (Å²) < 4.78 is 10.6. The molecule has 1 aromatic carbocycles. The quantitative estimate of drug-likeness (QED) is 0.678. The van der Waals surface area contributed by atoms with Crippen LogP contribution in [0.1, 0.15) is 47.9 Å². The van der Waals surface area contributed by atoms with E-state index in [0.717, 1.165) is 12.3 Å². The lowest BCUT2D eigenvalue weighted by Crippen LogP contribution is -2.24. The molecule has 2 aliphatic carbocycles. The molecule has 0 aromatic heterocycles. The van der Waals surface area contributed by atoms with Gasteiger partial charge in [-0.2, -0.15) is 0 Å². The highest BCUT2D eigenvalue weighted by atomic mass is 16.6. The highest BCUT2D eigenvalue weighted by Gasteiger charge is 2.41. The highest BCUT2D eigenvalue weighted by molar-refractivity contribution is 5.91. The van der Waals surface area contributed by atoms with Crippen molar-refractivity contribution in [3.8, 4) is 0 Å². The Morgan fingerprint density at radius 1 is 1.30 bits per heavy atom. The van der Waals surface area contributed by atoms with Gasteiger partial charge in [0.15, 0.2) is 6.29 Å². The molecule has 1 aromatic rings. The van der Waals surface area contributed by atoms with E-state index in [1.165, 1.54) is 26.4 Å². The maximum absolute atomic E-state index is 11.7. The molecular weight excluding hydrogens is 256 g/mol. The molecule has 0 aliphatic heterocycles. The SMILES string of the molecule is COC(=O)c1ccccc1C(O)O[C@@H]1C[C@@H]2CC[C@@H]1C2. The highest BCUT2D eigenvalue weighted by Crippen LogP contribution is 2.47. The van der Waals surface area contributed by atoms with Gasteiger partial charge in [-0.1, -0.05) is 18.2 Å². The van der Waals surface area contributed by atoms with E-state index >= 15 is 0 Å². The number of ether oxygens (including phenoxy) is 2. The third kappa shape index (κ3) is 2.45. The van der Waals surface area contributed by atoms with Crippen LogP contribution in [0.15, 0.2) is 24.3 Å². The second-order valence-corrected chi connectivity index (χ2v) is 5.78. The Hall–Kier alpha value is -1.39. The molecule has 4 atom stereocenters. The topological polar surface area (TPSA) is 55.8 Å². The molecule has 2 bridgehead atoms. The summed E-state index contributed by atoms with van der Waals surface area (Å²) in [5, 5.41) is 10.3. The molecule has 0 radical (unpaired) electrons. The van der Waals surface area contributed by atoms with Crippen molar-refractivity contribution < 1.29 is 19.4 Å². The predicted molar refractivity (Wildman–Crippen MR) is 73.1 cm³/mol. The lowest BCUT2D eigenvalue weighted by molar-refractivity contribution is -0.153. The standard InChI is InChI=1S/C16H20O4/c1-19-15(17)12-4-2-3-5-13(12)16(18)20-14-9-10-6-7-11(14)8-10/h2-5,10-11,14,16,18H,6-9H2,1H3/t10-,11-,14-,16?/m1/s1. The van der Waals surface area contributed by atoms with Gasteiger partial charge in [-0.3, -0.25) is 0 Å². The van der Waals surface area contributed by atoms with Crippen LogP contribution in [0.2, 0.25) is 0 Å². The van der Waals surface area contributed by atoms with Crippen LogP contribution in [-0.2, 0) is 9.47 Å². The molecule has 20 heavy (non-hydrogen) atoms. The third-order valence-electron chi connectivity index (χ3n) is 4.61. The van der Waals surface area contributed by atoms with Crippen LogP contribution in [0.5, 0.6) is 0 Å². The van der Waals surface area contributed by atoms with Gasteiger partial charge in [0.2, 0.25) is 0 Å². The smallest absolute Gasteiger partial charge is 0.338 e. The number of rotatable bonds is 4. The van der Waals surface area contributed by atoms with Crippen LogP contribution in [0.3, 0.4) is 0 Å². The fraction of sp³-hybridized carbons (Fsp3) is 0.562. The molecular formula is C16H20O4. The monoisotopic (exact) mass is 276 g/mol. The molecule has 4 heteroatoms. The minimum Gasteiger partial charge on any atom is -0.465 e. The Balaban J connectivity index is 1.74. The van der Waals surface area contributed by atoms with E-state index in [0.29, 0.717) is 17.0 Å². The second kappa shape index (κ2) is 5.54. The van der Waals surface area contributed by atoms with E-state index < -0.39 is 12.3 Å². The van der Waals surface area contributed by atoms with E-state index in [1.807, 2.05) is 0 Å². The lowest BCUT2D eigenvalue weighted by Gasteiger charge is -2.25. The first-order valence-electron chi connectivity index (χ1n) is 7.19. The summed E-state index contributed by atoms with van der Waals surface area (Å²) in [7, 11) is 1.34. The largest absolute Gasteiger partial charge is 0.465 e. The summed E-state index contributed by atoms with van der Waals surface area (Å²) in [4.78, 5) is 11.7. The zero-order chi connectivity index (χ0) is 14.1. The molecule has 0 amide bonds. The van der Waals surface area contributed by atoms with Gasteiger partial charge in [0.25, 0.3) is 0 Å². The van der Waals surface area contributed by atoms with Gasteiger partial charge < -0.3 is 14.6 Å². The number of fused-ring (bicyclic) bond motifs is 2. The van der Waals surface area contributed by atoms with Crippen molar-refractivity contribution in [2.75, 3.05) is 7.11 Å². The Bertz CT molecular complexity index is 499. The fourth-order valence-corrected chi connectivity index (χ4v) is 3.60. The number of carbonyl (C=O) groups is 1. The number of hydrogen-bond donors (Lipinski definition) is 1. The van der Waals surface area contributed by atoms with Crippen molar-refractivity contribution in [3.05, 3.63) is 35.4 Å². The van der Waals surface area contributed by atoms with Crippen LogP contribution >= 0.6 is 0 Å². The number of methoxy groups -OCH3 is 1. The maximum Gasteiger partial charge on any atom is 0.338 e. The first-order valence-corrected chi connectivity index (χ1v) is 7.19. The van der Waals surface area contributed by atoms with Crippen molar-refractivity contribution in [1.82, 2.24) is 0 Å². The molecule has 2 aliphatic rings. The molecule has 0 saturated heterocycles. The summed E-state index contributed by atoms with van der Waals surface area (Å²) in [5.41, 5.74) is 0.854. The summed E-state index contributed by atoms with van der Waals surface area (Å²) in [6.45, 7) is 0. The van der Waals surface area contributed by atoms with Crippen molar-refractivity contribution in [2.45, 2.75) is 38.1 Å². The van der Waals surface area contributed by atoms with Gasteiger partial charge in [-0.05, 0) is 43.6 Å². The first kappa shape index (κ1) is 13.6. The molecule has 0 spiro atoms. The summed E-state index contributed by atoms with van der Waals surface area (Å²) in [6.07, 6.45) is 3.79. The van der Waals surface area contributed by atoms with Gasteiger partial charge in [0.05, 0.1) is 18.8 Å². The summed E-state index contributed by atoms with van der Waals surface area (Å²) in [6, 6.07) is 6.90. The van der Waals surface area contributed by atoms with Crippen LogP contribution in [0, 0.1) is 11.8 Å². The molecule has 4 nitrogen and oxygen atoms in total. The van der Waals surface area contributed by atoms with Crippen molar-refractivity contribution >= 4 is 5.97 Å². The number of aliphatic hydroxyl groups excluding tert-OH is 1. The Morgan fingerprint density at radius 2 is 2.10 bits per heavy atom. The van der Waals surface area contributed by atoms with Crippen molar-refractivity contribution in [2.24, 2.45) is 11.8 Å². The number of hydrogen-bond acceptors (Lipinski definition) is 4. The van der Waals surface area contributed by atoms with E-state index in [4.69, 9.17) is 9.47 Å². The lowest BCUT2D eigenvalue weighted by atomic mass is 9.97. The zero-order valence-corrected chi connectivity index (χ0v) is 11.6. The zero-order valence-electron chi connectivity index (χ0n) is 11.6. The Labute approximate surface area is 118 Å². The molecule has 1 N–H and O–H groups in total. The molecule has 3 rings (SSSR count). The van der Waals surface area contributed by atoms with Crippen LogP contribution in [-0.4, -0.2) is 24.3 Å². The summed E-state index contributed by atoms with van der Waals surface area (Å²) >= 11 is 0. The minimum absolute atomic E-state index is 0.120. The van der Waals surface area contributed by atoms with Crippen LogP contribution in [0.4, 0.5) is 0 Å². The van der Waals surface area contributed by atoms with E-state index in [2.05, 4.69) is 0 Å². The Kier molecular flexibility index (Phi) is 3.76. The minimum atomic E-state index is -1.06. The van der Waals surface area contributed by atoms with Gasteiger partial charge in [0, 0.05) is 5.56 Å². The maximum atomic E-state index is 11.7. The molecule has 2 fully saturated rings. The third-order valence-corrected chi connectivity index (χ3v) is 4.61. The van der Waals surface area contributed by atoms with Crippen LogP contribution in [0.25, 0.3) is 0 Å².